The zero-order valence-corrected chi connectivity index (χ0v) is 14.9. The van der Waals surface area contributed by atoms with Crippen molar-refractivity contribution in [1.82, 2.24) is 4.90 Å². The molecule has 2 amide bonds. The van der Waals surface area contributed by atoms with Crippen molar-refractivity contribution in [3.05, 3.63) is 65.1 Å². The summed E-state index contributed by atoms with van der Waals surface area (Å²) in [6.45, 7) is 0.541. The first kappa shape index (κ1) is 19.5. The van der Waals surface area contributed by atoms with Gasteiger partial charge in [0.1, 0.15) is 11.3 Å². The monoisotopic (exact) mass is 394 g/mol. The molecule has 2 aliphatic rings. The van der Waals surface area contributed by atoms with Gasteiger partial charge in [-0.15, -0.1) is 0 Å². The van der Waals surface area contributed by atoms with Gasteiger partial charge < -0.3 is 9.84 Å². The number of carbonyl (C=O) groups excluding carboxylic acids is 1. The van der Waals surface area contributed by atoms with Crippen LogP contribution < -0.4 is 4.90 Å². The van der Waals surface area contributed by atoms with Crippen LogP contribution in [0.5, 0.6) is 0 Å². The Balaban J connectivity index is 1.83. The molecule has 0 aromatic heterocycles. The van der Waals surface area contributed by atoms with Gasteiger partial charge >= 0.3 is 18.2 Å². The fourth-order valence-electron chi connectivity index (χ4n) is 3.07. The third-order valence-electron chi connectivity index (χ3n) is 4.47. The number of allylic oxidation sites excluding steroid dienone is 3. The Kier molecular flexibility index (Phi) is 5.17. The molecule has 1 aliphatic heterocycles. The molecule has 1 aromatic carbocycles. The molecule has 0 saturated carbocycles. The molecule has 1 saturated heterocycles. The predicted molar refractivity (Wildman–Crippen MR) is 94.4 cm³/mol. The van der Waals surface area contributed by atoms with Crippen molar-refractivity contribution in [3.63, 3.8) is 0 Å². The van der Waals surface area contributed by atoms with Crippen molar-refractivity contribution >= 4 is 17.7 Å². The number of carbonyl (C=O) groups is 2. The first-order valence-corrected chi connectivity index (χ1v) is 8.38. The second kappa shape index (κ2) is 7.41. The Morgan fingerprint density at radius 2 is 1.75 bits per heavy atom. The van der Waals surface area contributed by atoms with Crippen LogP contribution in [0.15, 0.2) is 59.5 Å². The summed E-state index contributed by atoms with van der Waals surface area (Å²) >= 11 is 0. The molecule has 1 N–H and O–H groups in total. The normalized spacial score (nSPS) is 17.7. The highest BCUT2D eigenvalue weighted by Gasteiger charge is 2.34. The lowest BCUT2D eigenvalue weighted by atomic mass is 10.2. The average Bonchev–Trinajstić information content (AvgIpc) is 2.89. The summed E-state index contributed by atoms with van der Waals surface area (Å²) in [4.78, 5) is 27.0. The SMILES string of the molecule is COC1=CCC=C(N2CCN(c3ccc(C(F)(F)F)cc3)C2=O)C=C1C(=O)O. The van der Waals surface area contributed by atoms with Gasteiger partial charge in [-0.1, -0.05) is 6.08 Å². The topological polar surface area (TPSA) is 70.1 Å². The maximum Gasteiger partial charge on any atom is 0.416 e. The highest BCUT2D eigenvalue weighted by molar-refractivity contribution is 5.96. The third kappa shape index (κ3) is 3.73. The van der Waals surface area contributed by atoms with Gasteiger partial charge in [0.05, 0.1) is 12.7 Å². The average molecular weight is 394 g/mol. The minimum absolute atomic E-state index is 0.0768. The van der Waals surface area contributed by atoms with Crippen molar-refractivity contribution in [2.45, 2.75) is 12.6 Å². The van der Waals surface area contributed by atoms with Gasteiger partial charge in [-0.05, 0) is 42.8 Å². The second-order valence-corrected chi connectivity index (χ2v) is 6.13. The Labute approximate surface area is 158 Å². The molecule has 1 heterocycles. The first-order valence-electron chi connectivity index (χ1n) is 8.38. The van der Waals surface area contributed by atoms with Crippen LogP contribution in [0.25, 0.3) is 0 Å². The quantitative estimate of drug-likeness (QED) is 0.844. The molecule has 3 rings (SSSR count). The van der Waals surface area contributed by atoms with E-state index in [1.54, 1.807) is 12.2 Å². The Morgan fingerprint density at radius 3 is 2.32 bits per heavy atom. The summed E-state index contributed by atoms with van der Waals surface area (Å²) in [5, 5.41) is 9.39. The minimum atomic E-state index is -4.45. The van der Waals surface area contributed by atoms with Crippen molar-refractivity contribution < 1.29 is 32.6 Å². The standard InChI is InChI=1S/C19H17F3N2O4/c1-28-16-4-2-3-14(11-15(16)17(25)26)24-10-9-23(18(24)27)13-7-5-12(6-8-13)19(20,21)22/h3-8,11H,2,9-10H2,1H3,(H,25,26). The van der Waals surface area contributed by atoms with Crippen molar-refractivity contribution in [2.24, 2.45) is 0 Å². The summed E-state index contributed by atoms with van der Waals surface area (Å²) in [5.74, 6) is -0.989. The van der Waals surface area contributed by atoms with E-state index in [1.807, 2.05) is 0 Å². The molecule has 0 atom stereocenters. The lowest BCUT2D eigenvalue weighted by molar-refractivity contribution is -0.137. The van der Waals surface area contributed by atoms with Crippen LogP contribution in [0.1, 0.15) is 12.0 Å². The Bertz CT molecular complexity index is 885. The number of ether oxygens (including phenoxy) is 1. The summed E-state index contributed by atoms with van der Waals surface area (Å²) in [6, 6.07) is 3.90. The number of hydrogen-bond acceptors (Lipinski definition) is 3. The smallest absolute Gasteiger partial charge is 0.416 e. The zero-order valence-electron chi connectivity index (χ0n) is 14.9. The number of urea groups is 1. The van der Waals surface area contributed by atoms with Crippen LogP contribution in [-0.2, 0) is 15.7 Å². The van der Waals surface area contributed by atoms with Crippen LogP contribution >= 0.6 is 0 Å². The molecule has 0 bridgehead atoms. The molecule has 0 unspecified atom stereocenters. The number of halogens is 3. The summed E-state index contributed by atoms with van der Waals surface area (Å²) in [6.07, 6.45) is 0.577. The number of carboxylic acids is 1. The number of nitrogens with zero attached hydrogens (tertiary/aromatic N) is 2. The summed E-state index contributed by atoms with van der Waals surface area (Å²) < 4.78 is 43.2. The fourth-order valence-corrected chi connectivity index (χ4v) is 3.07. The highest BCUT2D eigenvalue weighted by Crippen LogP contribution is 2.32. The number of anilines is 1. The number of carboxylic acid groups (broad SMARTS) is 1. The molecule has 1 fully saturated rings. The van der Waals surface area contributed by atoms with E-state index in [1.165, 1.54) is 35.1 Å². The largest absolute Gasteiger partial charge is 0.496 e. The number of methoxy groups -OCH3 is 1. The summed E-state index contributed by atoms with van der Waals surface area (Å²) in [5.41, 5.74) is -0.126. The number of amides is 2. The van der Waals surface area contributed by atoms with Gasteiger partial charge in [-0.2, -0.15) is 13.2 Å². The van der Waals surface area contributed by atoms with Gasteiger partial charge in [0.25, 0.3) is 0 Å². The highest BCUT2D eigenvalue weighted by atomic mass is 19.4. The maximum atomic E-state index is 12.8. The number of aliphatic carboxylic acids is 1. The molecule has 148 valence electrons. The molecule has 0 radical (unpaired) electrons. The molecular weight excluding hydrogens is 377 g/mol. The van der Waals surface area contributed by atoms with Gasteiger partial charge in [0, 0.05) is 24.5 Å². The second-order valence-electron chi connectivity index (χ2n) is 6.13. The van der Waals surface area contributed by atoms with E-state index in [2.05, 4.69) is 0 Å². The zero-order chi connectivity index (χ0) is 20.5. The van der Waals surface area contributed by atoms with E-state index in [0.29, 0.717) is 17.8 Å². The lowest BCUT2D eigenvalue weighted by Crippen LogP contribution is -2.31. The van der Waals surface area contributed by atoms with E-state index in [9.17, 15) is 27.9 Å². The molecule has 28 heavy (non-hydrogen) atoms. The van der Waals surface area contributed by atoms with Crippen LogP contribution in [0.2, 0.25) is 0 Å². The number of hydrogen-bond donors (Lipinski definition) is 1. The van der Waals surface area contributed by atoms with Crippen LogP contribution in [0.3, 0.4) is 0 Å². The number of rotatable bonds is 4. The predicted octanol–water partition coefficient (Wildman–Crippen LogP) is 3.78. The number of benzene rings is 1. The first-order chi connectivity index (χ1) is 13.2. The fraction of sp³-hybridized carbons (Fsp3) is 0.263. The number of alkyl halides is 3. The van der Waals surface area contributed by atoms with Gasteiger partial charge in [-0.25, -0.2) is 9.59 Å². The van der Waals surface area contributed by atoms with Crippen molar-refractivity contribution in [1.29, 1.82) is 0 Å². The molecule has 6 nitrogen and oxygen atoms in total. The van der Waals surface area contributed by atoms with E-state index < -0.39 is 23.7 Å². The van der Waals surface area contributed by atoms with E-state index in [4.69, 9.17) is 4.74 Å². The van der Waals surface area contributed by atoms with Crippen LogP contribution in [0.4, 0.5) is 23.7 Å². The molecule has 1 aliphatic carbocycles. The van der Waals surface area contributed by atoms with Gasteiger partial charge in [-0.3, -0.25) is 9.80 Å². The lowest BCUT2D eigenvalue weighted by Gasteiger charge is -2.20. The molecule has 1 aromatic rings. The van der Waals surface area contributed by atoms with Gasteiger partial charge in [0.15, 0.2) is 0 Å². The van der Waals surface area contributed by atoms with E-state index in [0.717, 1.165) is 12.1 Å². The molecular formula is C19H17F3N2O4. The van der Waals surface area contributed by atoms with E-state index in [-0.39, 0.29) is 24.4 Å². The van der Waals surface area contributed by atoms with Crippen LogP contribution in [-0.4, -0.2) is 42.2 Å². The minimum Gasteiger partial charge on any atom is -0.496 e. The maximum absolute atomic E-state index is 12.8. The Morgan fingerprint density at radius 1 is 1.11 bits per heavy atom. The third-order valence-corrected chi connectivity index (χ3v) is 4.47. The Hall–Kier alpha value is -3.23. The molecule has 0 spiro atoms. The van der Waals surface area contributed by atoms with Crippen molar-refractivity contribution in [2.75, 3.05) is 25.1 Å². The summed E-state index contributed by atoms with van der Waals surface area (Å²) in [7, 11) is 1.36. The van der Waals surface area contributed by atoms with Crippen molar-refractivity contribution in [3.8, 4) is 0 Å². The van der Waals surface area contributed by atoms with Gasteiger partial charge in [0.2, 0.25) is 0 Å². The van der Waals surface area contributed by atoms with E-state index >= 15 is 0 Å². The van der Waals surface area contributed by atoms with Crippen LogP contribution in [0, 0.1) is 0 Å². The molecule has 9 heteroatoms.